The number of amides is 1. The molecule has 6 heteroatoms. The maximum atomic E-state index is 12.7. The number of aromatic nitrogens is 1. The first kappa shape index (κ1) is 18.6. The van der Waals surface area contributed by atoms with Gasteiger partial charge >= 0.3 is 0 Å². The number of anilines is 1. The molecular weight excluding hydrogens is 368 g/mol. The third-order valence-corrected chi connectivity index (χ3v) is 4.66. The third kappa shape index (κ3) is 3.78. The first-order valence-electron chi connectivity index (χ1n) is 9.08. The van der Waals surface area contributed by atoms with E-state index in [9.17, 15) is 4.79 Å². The van der Waals surface area contributed by atoms with E-state index in [1.807, 2.05) is 43.3 Å². The van der Waals surface area contributed by atoms with E-state index >= 15 is 0 Å². The lowest BCUT2D eigenvalue weighted by Crippen LogP contribution is -2.12. The van der Waals surface area contributed by atoms with Gasteiger partial charge < -0.3 is 19.2 Å². The molecule has 0 bridgehead atoms. The standard InChI is InChI=1S/C23H20N2O4/c1-14-7-8-16(23-25-20-13-18(28-3)9-10-21(20)29-23)12-19(14)24-22(26)15-5-4-6-17(11-15)27-2/h4-13H,1-3H3,(H,24,26). The van der Waals surface area contributed by atoms with Gasteiger partial charge in [0.1, 0.15) is 17.0 Å². The predicted molar refractivity (Wildman–Crippen MR) is 112 cm³/mol. The Labute approximate surface area is 168 Å². The minimum Gasteiger partial charge on any atom is -0.497 e. The van der Waals surface area contributed by atoms with Crippen LogP contribution in [0.5, 0.6) is 11.5 Å². The minimum absolute atomic E-state index is 0.216. The maximum absolute atomic E-state index is 12.7. The van der Waals surface area contributed by atoms with E-state index in [0.29, 0.717) is 39.7 Å². The number of fused-ring (bicyclic) bond motifs is 1. The molecule has 1 heterocycles. The molecule has 0 fully saturated rings. The molecule has 0 spiro atoms. The summed E-state index contributed by atoms with van der Waals surface area (Å²) in [5.74, 6) is 1.61. The Bertz CT molecular complexity index is 1200. The van der Waals surface area contributed by atoms with Crippen molar-refractivity contribution in [3.8, 4) is 23.0 Å². The summed E-state index contributed by atoms with van der Waals surface area (Å²) < 4.78 is 16.3. The number of nitrogens with zero attached hydrogens (tertiary/aromatic N) is 1. The number of nitrogens with one attached hydrogen (secondary N) is 1. The Morgan fingerprint density at radius 2 is 1.76 bits per heavy atom. The van der Waals surface area contributed by atoms with Gasteiger partial charge in [0.15, 0.2) is 5.58 Å². The van der Waals surface area contributed by atoms with Crippen molar-refractivity contribution in [1.29, 1.82) is 0 Å². The van der Waals surface area contributed by atoms with Crippen LogP contribution in [0.2, 0.25) is 0 Å². The monoisotopic (exact) mass is 388 g/mol. The van der Waals surface area contributed by atoms with Crippen LogP contribution in [-0.4, -0.2) is 25.1 Å². The summed E-state index contributed by atoms with van der Waals surface area (Å²) >= 11 is 0. The fourth-order valence-corrected chi connectivity index (χ4v) is 3.01. The molecule has 4 aromatic rings. The van der Waals surface area contributed by atoms with Gasteiger partial charge in [0.2, 0.25) is 5.89 Å². The van der Waals surface area contributed by atoms with Crippen LogP contribution in [-0.2, 0) is 0 Å². The Kier molecular flexibility index (Phi) is 4.91. The first-order valence-corrected chi connectivity index (χ1v) is 9.08. The summed E-state index contributed by atoms with van der Waals surface area (Å²) in [6.45, 7) is 1.93. The molecule has 0 aliphatic rings. The van der Waals surface area contributed by atoms with E-state index in [0.717, 1.165) is 11.1 Å². The lowest BCUT2D eigenvalue weighted by Gasteiger charge is -2.10. The van der Waals surface area contributed by atoms with Gasteiger partial charge in [-0.15, -0.1) is 0 Å². The normalized spacial score (nSPS) is 10.7. The number of carbonyl (C=O) groups excluding carboxylic acids is 1. The molecule has 0 aliphatic heterocycles. The molecule has 29 heavy (non-hydrogen) atoms. The third-order valence-electron chi connectivity index (χ3n) is 4.66. The average molecular weight is 388 g/mol. The highest BCUT2D eigenvalue weighted by atomic mass is 16.5. The molecular formula is C23H20N2O4. The summed E-state index contributed by atoms with van der Waals surface area (Å²) in [7, 11) is 3.18. The van der Waals surface area contributed by atoms with Crippen molar-refractivity contribution in [3.05, 3.63) is 71.8 Å². The largest absolute Gasteiger partial charge is 0.497 e. The highest BCUT2D eigenvalue weighted by Gasteiger charge is 2.13. The Balaban J connectivity index is 1.64. The Morgan fingerprint density at radius 1 is 0.966 bits per heavy atom. The van der Waals surface area contributed by atoms with Crippen LogP contribution in [0.3, 0.4) is 0 Å². The number of hydrogen-bond acceptors (Lipinski definition) is 5. The molecule has 146 valence electrons. The number of carbonyl (C=O) groups is 1. The fourth-order valence-electron chi connectivity index (χ4n) is 3.01. The molecule has 0 unspecified atom stereocenters. The van der Waals surface area contributed by atoms with Gasteiger partial charge in [0.05, 0.1) is 14.2 Å². The van der Waals surface area contributed by atoms with Gasteiger partial charge in [-0.3, -0.25) is 4.79 Å². The van der Waals surface area contributed by atoms with Crippen LogP contribution in [0.4, 0.5) is 5.69 Å². The second-order valence-corrected chi connectivity index (χ2v) is 6.57. The second-order valence-electron chi connectivity index (χ2n) is 6.57. The molecule has 1 N–H and O–H groups in total. The number of methoxy groups -OCH3 is 2. The Hall–Kier alpha value is -3.80. The molecule has 0 aliphatic carbocycles. The lowest BCUT2D eigenvalue weighted by molar-refractivity contribution is 0.102. The van der Waals surface area contributed by atoms with Gasteiger partial charge in [0, 0.05) is 22.9 Å². The maximum Gasteiger partial charge on any atom is 0.255 e. The molecule has 1 aromatic heterocycles. The minimum atomic E-state index is -0.216. The summed E-state index contributed by atoms with van der Waals surface area (Å²) in [5.41, 5.74) is 4.29. The molecule has 0 saturated heterocycles. The van der Waals surface area contributed by atoms with Gasteiger partial charge in [0.25, 0.3) is 5.91 Å². The predicted octanol–water partition coefficient (Wildman–Crippen LogP) is 5.07. The van der Waals surface area contributed by atoms with Crippen molar-refractivity contribution >= 4 is 22.7 Å². The molecule has 0 atom stereocenters. The van der Waals surface area contributed by atoms with Crippen LogP contribution < -0.4 is 14.8 Å². The number of benzene rings is 3. The smallest absolute Gasteiger partial charge is 0.255 e. The average Bonchev–Trinajstić information content (AvgIpc) is 3.18. The van der Waals surface area contributed by atoms with E-state index < -0.39 is 0 Å². The number of oxazole rings is 1. The van der Waals surface area contributed by atoms with Crippen LogP contribution in [0.15, 0.2) is 65.1 Å². The summed E-state index contributed by atoms with van der Waals surface area (Å²) in [6, 6.07) is 18.2. The zero-order valence-corrected chi connectivity index (χ0v) is 16.4. The zero-order valence-electron chi connectivity index (χ0n) is 16.4. The SMILES string of the molecule is COc1cccc(C(=O)Nc2cc(-c3nc4cc(OC)ccc4o3)ccc2C)c1. The molecule has 4 rings (SSSR count). The summed E-state index contributed by atoms with van der Waals surface area (Å²) in [6.07, 6.45) is 0. The van der Waals surface area contributed by atoms with Gasteiger partial charge in [-0.1, -0.05) is 12.1 Å². The van der Waals surface area contributed by atoms with Crippen molar-refractivity contribution in [2.24, 2.45) is 0 Å². The number of ether oxygens (including phenoxy) is 2. The summed E-state index contributed by atoms with van der Waals surface area (Å²) in [5, 5.41) is 2.96. The molecule has 0 radical (unpaired) electrons. The molecule has 6 nitrogen and oxygen atoms in total. The molecule has 1 amide bonds. The number of hydrogen-bond donors (Lipinski definition) is 1. The quantitative estimate of drug-likeness (QED) is 0.516. The van der Waals surface area contributed by atoms with E-state index in [2.05, 4.69) is 10.3 Å². The number of rotatable bonds is 5. The van der Waals surface area contributed by atoms with E-state index in [1.165, 1.54) is 0 Å². The van der Waals surface area contributed by atoms with Gasteiger partial charge in [-0.05, 0) is 55.0 Å². The van der Waals surface area contributed by atoms with Crippen molar-refractivity contribution in [2.45, 2.75) is 6.92 Å². The molecule has 3 aromatic carbocycles. The van der Waals surface area contributed by atoms with Crippen LogP contribution in [0, 0.1) is 6.92 Å². The zero-order chi connectivity index (χ0) is 20.4. The number of aryl methyl sites for hydroxylation is 1. The van der Waals surface area contributed by atoms with Crippen LogP contribution in [0.25, 0.3) is 22.6 Å². The van der Waals surface area contributed by atoms with Crippen molar-refractivity contribution in [1.82, 2.24) is 4.98 Å². The Morgan fingerprint density at radius 3 is 2.55 bits per heavy atom. The van der Waals surface area contributed by atoms with Gasteiger partial charge in [-0.2, -0.15) is 0 Å². The highest BCUT2D eigenvalue weighted by Crippen LogP contribution is 2.30. The topological polar surface area (TPSA) is 73.6 Å². The van der Waals surface area contributed by atoms with E-state index in [4.69, 9.17) is 13.9 Å². The van der Waals surface area contributed by atoms with E-state index in [1.54, 1.807) is 38.5 Å². The van der Waals surface area contributed by atoms with Crippen LogP contribution >= 0.6 is 0 Å². The van der Waals surface area contributed by atoms with Crippen LogP contribution in [0.1, 0.15) is 15.9 Å². The highest BCUT2D eigenvalue weighted by molar-refractivity contribution is 6.05. The van der Waals surface area contributed by atoms with Crippen molar-refractivity contribution in [2.75, 3.05) is 19.5 Å². The van der Waals surface area contributed by atoms with Crippen molar-refractivity contribution in [3.63, 3.8) is 0 Å². The lowest BCUT2D eigenvalue weighted by atomic mass is 10.1. The molecule has 0 saturated carbocycles. The fraction of sp³-hybridized carbons (Fsp3) is 0.130. The van der Waals surface area contributed by atoms with Gasteiger partial charge in [-0.25, -0.2) is 4.98 Å². The first-order chi connectivity index (χ1) is 14.1. The van der Waals surface area contributed by atoms with Crippen molar-refractivity contribution < 1.29 is 18.7 Å². The second kappa shape index (κ2) is 7.67. The summed E-state index contributed by atoms with van der Waals surface area (Å²) in [4.78, 5) is 17.2. The van der Waals surface area contributed by atoms with E-state index in [-0.39, 0.29) is 5.91 Å².